The van der Waals surface area contributed by atoms with E-state index in [2.05, 4.69) is 10.6 Å². The van der Waals surface area contributed by atoms with Crippen molar-refractivity contribution in [3.05, 3.63) is 0 Å². The lowest BCUT2D eigenvalue weighted by Crippen LogP contribution is -2.58. The molecule has 1 rings (SSSR count). The number of nitrogens with two attached hydrogens (primary N) is 1. The summed E-state index contributed by atoms with van der Waals surface area (Å²) in [4.78, 5) is 24.3. The van der Waals surface area contributed by atoms with E-state index in [1.165, 1.54) is 7.11 Å². The second-order valence-corrected chi connectivity index (χ2v) is 3.75. The fourth-order valence-corrected chi connectivity index (χ4v) is 1.42. The molecule has 0 aromatic carbocycles. The average Bonchev–Trinajstić information content (AvgIpc) is 2.15. The Bertz CT molecular complexity index is 253. The second kappa shape index (κ2) is 6.41. The van der Waals surface area contributed by atoms with Gasteiger partial charge in [0.25, 0.3) is 0 Å². The zero-order valence-electron chi connectivity index (χ0n) is 9.36. The molecule has 0 saturated carbocycles. The molecule has 0 radical (unpaired) electrons. The molecule has 1 fully saturated rings. The summed E-state index contributed by atoms with van der Waals surface area (Å²) in [7, 11) is 1.54. The smallest absolute Gasteiger partial charge is 0.321 e. The van der Waals surface area contributed by atoms with Crippen LogP contribution in [0.5, 0.6) is 0 Å². The standard InChI is InChI=1S/C9H18N4O3/c1-16-3-2-11-9(15)12-8(14)6-13-4-7(10)5-13/h7H,2-6,10H2,1H3,(H2,11,12,14,15). The molecule has 3 amide bonds. The first kappa shape index (κ1) is 12.9. The highest BCUT2D eigenvalue weighted by atomic mass is 16.5. The van der Waals surface area contributed by atoms with Crippen LogP contribution >= 0.6 is 0 Å². The molecule has 0 aliphatic carbocycles. The molecule has 0 atom stereocenters. The Morgan fingerprint density at radius 2 is 2.19 bits per heavy atom. The Balaban J connectivity index is 2.06. The lowest BCUT2D eigenvalue weighted by atomic mass is 10.1. The van der Waals surface area contributed by atoms with E-state index in [9.17, 15) is 9.59 Å². The van der Waals surface area contributed by atoms with Gasteiger partial charge in [-0.1, -0.05) is 0 Å². The number of methoxy groups -OCH3 is 1. The lowest BCUT2D eigenvalue weighted by molar-refractivity contribution is -0.122. The first-order valence-electron chi connectivity index (χ1n) is 5.16. The molecule has 0 aromatic heterocycles. The van der Waals surface area contributed by atoms with Gasteiger partial charge in [-0.3, -0.25) is 15.0 Å². The summed E-state index contributed by atoms with van der Waals surface area (Å²) < 4.78 is 4.75. The van der Waals surface area contributed by atoms with Gasteiger partial charge in [-0.25, -0.2) is 4.79 Å². The molecule has 1 aliphatic rings. The number of hydrogen-bond donors (Lipinski definition) is 3. The van der Waals surface area contributed by atoms with Crippen molar-refractivity contribution in [2.24, 2.45) is 5.73 Å². The Hall–Kier alpha value is -1.18. The van der Waals surface area contributed by atoms with Gasteiger partial charge in [-0.15, -0.1) is 0 Å². The van der Waals surface area contributed by atoms with Crippen molar-refractivity contribution >= 4 is 11.9 Å². The second-order valence-electron chi connectivity index (χ2n) is 3.75. The van der Waals surface area contributed by atoms with Crippen molar-refractivity contribution in [2.45, 2.75) is 6.04 Å². The molecule has 16 heavy (non-hydrogen) atoms. The van der Waals surface area contributed by atoms with E-state index >= 15 is 0 Å². The Labute approximate surface area is 94.3 Å². The highest BCUT2D eigenvalue weighted by Crippen LogP contribution is 2.02. The molecule has 0 unspecified atom stereocenters. The van der Waals surface area contributed by atoms with Gasteiger partial charge in [0.05, 0.1) is 13.2 Å². The third-order valence-corrected chi connectivity index (χ3v) is 2.20. The first-order chi connectivity index (χ1) is 7.61. The summed E-state index contributed by atoms with van der Waals surface area (Å²) in [5.74, 6) is -0.318. The fraction of sp³-hybridized carbons (Fsp3) is 0.778. The van der Waals surface area contributed by atoms with Crippen LogP contribution in [0.15, 0.2) is 0 Å². The lowest BCUT2D eigenvalue weighted by Gasteiger charge is -2.35. The van der Waals surface area contributed by atoms with Crippen LogP contribution in [0.3, 0.4) is 0 Å². The third-order valence-electron chi connectivity index (χ3n) is 2.20. The average molecular weight is 230 g/mol. The van der Waals surface area contributed by atoms with Crippen molar-refractivity contribution in [2.75, 3.05) is 39.9 Å². The van der Waals surface area contributed by atoms with Crippen LogP contribution in [0.1, 0.15) is 0 Å². The van der Waals surface area contributed by atoms with Gasteiger partial charge in [0.2, 0.25) is 5.91 Å². The molecule has 1 heterocycles. The number of carbonyl (C=O) groups excluding carboxylic acids is 2. The van der Waals surface area contributed by atoms with Gasteiger partial charge in [-0.05, 0) is 0 Å². The highest BCUT2D eigenvalue weighted by molar-refractivity contribution is 5.95. The predicted octanol–water partition coefficient (Wildman–Crippen LogP) is -1.90. The normalized spacial score (nSPS) is 16.6. The maximum absolute atomic E-state index is 11.3. The summed E-state index contributed by atoms with van der Waals surface area (Å²) in [5.41, 5.74) is 5.56. The van der Waals surface area contributed by atoms with E-state index in [1.807, 2.05) is 4.90 Å². The number of ether oxygens (including phenoxy) is 1. The van der Waals surface area contributed by atoms with Crippen molar-refractivity contribution < 1.29 is 14.3 Å². The van der Waals surface area contributed by atoms with Crippen LogP contribution in [0, 0.1) is 0 Å². The quantitative estimate of drug-likeness (QED) is 0.479. The largest absolute Gasteiger partial charge is 0.383 e. The monoisotopic (exact) mass is 230 g/mol. The minimum Gasteiger partial charge on any atom is -0.383 e. The van der Waals surface area contributed by atoms with Crippen molar-refractivity contribution in [1.82, 2.24) is 15.5 Å². The molecule has 4 N–H and O–H groups in total. The molecule has 7 nitrogen and oxygen atoms in total. The zero-order valence-corrected chi connectivity index (χ0v) is 9.36. The number of amides is 3. The highest BCUT2D eigenvalue weighted by Gasteiger charge is 2.25. The maximum atomic E-state index is 11.3. The van der Waals surface area contributed by atoms with Crippen LogP contribution in [-0.4, -0.2) is 62.8 Å². The first-order valence-corrected chi connectivity index (χ1v) is 5.16. The molecule has 1 aliphatic heterocycles. The molecule has 0 spiro atoms. The zero-order chi connectivity index (χ0) is 12.0. The van der Waals surface area contributed by atoms with E-state index in [0.29, 0.717) is 26.2 Å². The topological polar surface area (TPSA) is 96.7 Å². The Kier molecular flexibility index (Phi) is 5.17. The Morgan fingerprint density at radius 3 is 2.75 bits per heavy atom. The minimum absolute atomic E-state index is 0.156. The predicted molar refractivity (Wildman–Crippen MR) is 57.8 cm³/mol. The third kappa shape index (κ3) is 4.56. The number of carbonyl (C=O) groups is 2. The van der Waals surface area contributed by atoms with Crippen LogP contribution in [0.25, 0.3) is 0 Å². The molecule has 7 heteroatoms. The van der Waals surface area contributed by atoms with Crippen LogP contribution in [-0.2, 0) is 9.53 Å². The number of imide groups is 1. The van der Waals surface area contributed by atoms with Crippen molar-refractivity contribution in [3.63, 3.8) is 0 Å². The van der Waals surface area contributed by atoms with Crippen molar-refractivity contribution in [1.29, 1.82) is 0 Å². The molecular weight excluding hydrogens is 212 g/mol. The number of nitrogens with one attached hydrogen (secondary N) is 2. The van der Waals surface area contributed by atoms with Gasteiger partial charge in [0, 0.05) is 32.8 Å². The van der Waals surface area contributed by atoms with Crippen molar-refractivity contribution in [3.8, 4) is 0 Å². The minimum atomic E-state index is -0.494. The van der Waals surface area contributed by atoms with Crippen LogP contribution < -0.4 is 16.4 Å². The summed E-state index contributed by atoms with van der Waals surface area (Å²) in [6, 6.07) is -0.338. The van der Waals surface area contributed by atoms with Gasteiger partial charge >= 0.3 is 6.03 Å². The van der Waals surface area contributed by atoms with E-state index in [0.717, 1.165) is 0 Å². The van der Waals surface area contributed by atoms with E-state index in [4.69, 9.17) is 10.5 Å². The van der Waals surface area contributed by atoms with Crippen LogP contribution in [0.4, 0.5) is 4.79 Å². The number of hydrogen-bond acceptors (Lipinski definition) is 5. The summed E-state index contributed by atoms with van der Waals surface area (Å²) in [5, 5.41) is 4.72. The molecule has 0 aromatic rings. The molecule has 1 saturated heterocycles. The summed E-state index contributed by atoms with van der Waals surface area (Å²) >= 11 is 0. The number of likely N-dealkylation sites (tertiary alicyclic amines) is 1. The van der Waals surface area contributed by atoms with Gasteiger partial charge in [0.15, 0.2) is 0 Å². The van der Waals surface area contributed by atoms with E-state index < -0.39 is 6.03 Å². The summed E-state index contributed by atoms with van der Waals surface area (Å²) in [6.07, 6.45) is 0. The van der Waals surface area contributed by atoms with E-state index in [1.54, 1.807) is 0 Å². The fourth-order valence-electron chi connectivity index (χ4n) is 1.42. The SMILES string of the molecule is COCCNC(=O)NC(=O)CN1CC(N)C1. The maximum Gasteiger partial charge on any atom is 0.321 e. The number of rotatable bonds is 5. The van der Waals surface area contributed by atoms with Gasteiger partial charge in [-0.2, -0.15) is 0 Å². The molecular formula is C9H18N4O3. The van der Waals surface area contributed by atoms with Crippen LogP contribution in [0.2, 0.25) is 0 Å². The van der Waals surface area contributed by atoms with Gasteiger partial charge in [0.1, 0.15) is 0 Å². The number of nitrogens with zero attached hydrogens (tertiary/aromatic N) is 1. The Morgan fingerprint density at radius 1 is 1.50 bits per heavy atom. The molecule has 92 valence electrons. The molecule has 0 bridgehead atoms. The van der Waals surface area contributed by atoms with Gasteiger partial charge < -0.3 is 15.8 Å². The van der Waals surface area contributed by atoms with E-state index in [-0.39, 0.29) is 18.5 Å². The number of urea groups is 1. The summed E-state index contributed by atoms with van der Waals surface area (Å²) in [6.45, 7) is 2.43.